The lowest BCUT2D eigenvalue weighted by Gasteiger charge is -2.17. The van der Waals surface area contributed by atoms with Crippen LogP contribution in [0, 0.1) is 11.8 Å². The fraction of sp³-hybridized carbons (Fsp3) is 0.300. The fourth-order valence-corrected chi connectivity index (χ4v) is 6.49. The number of sulfone groups is 1. The van der Waals surface area contributed by atoms with Crippen LogP contribution < -0.4 is 14.8 Å². The molecule has 7 rings (SSSR count). The highest BCUT2D eigenvalue weighted by Gasteiger charge is 2.47. The van der Waals surface area contributed by atoms with E-state index in [2.05, 4.69) is 30.1 Å². The molecule has 5 aromatic rings. The molecule has 226 valence electrons. The molecular weight excluding hydrogens is 592 g/mol. The highest BCUT2D eigenvalue weighted by Crippen LogP contribution is 2.52. The van der Waals surface area contributed by atoms with Gasteiger partial charge in [0.25, 0.3) is 0 Å². The number of benzene rings is 2. The van der Waals surface area contributed by atoms with Gasteiger partial charge in [0.1, 0.15) is 29.4 Å². The molecule has 14 heteroatoms. The standard InChI is InChI=1S/C30H27F2N7O4S/c1-44(40,41)26-13-18(4-9-25(26)43-29(31)32)23-7-8-24-27(36-23)28(42-22-11-19-10-20(19)12-22)38-30(37-24)34-14-17-2-5-21(6-3-17)39-16-33-15-35-39/h2-9,13,15-16,19-20,22,29H,10-12,14H2,1H3,(H,34,37,38)/t19-,20+,22+. The molecule has 0 unspecified atom stereocenters. The summed E-state index contributed by atoms with van der Waals surface area (Å²) in [6.45, 7) is -2.70. The number of nitrogens with zero attached hydrogens (tertiary/aromatic N) is 6. The summed E-state index contributed by atoms with van der Waals surface area (Å²) in [6, 6.07) is 15.2. The van der Waals surface area contributed by atoms with Crippen molar-refractivity contribution in [2.45, 2.75) is 43.4 Å². The van der Waals surface area contributed by atoms with Crippen LogP contribution in [0.2, 0.25) is 0 Å². The summed E-state index contributed by atoms with van der Waals surface area (Å²) < 4.78 is 63.1. The third-order valence-electron chi connectivity index (χ3n) is 7.91. The largest absolute Gasteiger partial charge is 0.473 e. The van der Waals surface area contributed by atoms with Crippen LogP contribution in [0.4, 0.5) is 14.7 Å². The smallest absolute Gasteiger partial charge is 0.387 e. The van der Waals surface area contributed by atoms with Crippen molar-refractivity contribution in [3.8, 4) is 28.6 Å². The van der Waals surface area contributed by atoms with Crippen molar-refractivity contribution in [2.24, 2.45) is 11.8 Å². The van der Waals surface area contributed by atoms with Crippen LogP contribution in [0.25, 0.3) is 28.0 Å². The van der Waals surface area contributed by atoms with Crippen molar-refractivity contribution in [3.63, 3.8) is 0 Å². The molecule has 44 heavy (non-hydrogen) atoms. The molecule has 2 aliphatic rings. The summed E-state index contributed by atoms with van der Waals surface area (Å²) in [7, 11) is -3.88. The van der Waals surface area contributed by atoms with E-state index in [0.29, 0.717) is 52.5 Å². The van der Waals surface area contributed by atoms with E-state index in [1.807, 2.05) is 24.3 Å². The van der Waals surface area contributed by atoms with Crippen LogP contribution in [0.5, 0.6) is 11.6 Å². The van der Waals surface area contributed by atoms with Gasteiger partial charge in [0.2, 0.25) is 11.8 Å². The topological polar surface area (TPSA) is 134 Å². The van der Waals surface area contributed by atoms with Gasteiger partial charge in [-0.05, 0) is 79.1 Å². The van der Waals surface area contributed by atoms with Gasteiger partial charge < -0.3 is 14.8 Å². The van der Waals surface area contributed by atoms with Gasteiger partial charge in [-0.3, -0.25) is 0 Å². The minimum atomic E-state index is -3.88. The minimum Gasteiger partial charge on any atom is -0.473 e. The van der Waals surface area contributed by atoms with Gasteiger partial charge >= 0.3 is 6.61 Å². The van der Waals surface area contributed by atoms with Gasteiger partial charge in [0, 0.05) is 18.4 Å². The first kappa shape index (κ1) is 28.1. The number of hydrogen-bond acceptors (Lipinski definition) is 10. The number of fused-ring (bicyclic) bond motifs is 2. The molecule has 0 spiro atoms. The van der Waals surface area contributed by atoms with Crippen LogP contribution in [0.15, 0.2) is 72.1 Å². The Balaban J connectivity index is 1.20. The molecule has 3 heterocycles. The number of ether oxygens (including phenoxy) is 2. The van der Waals surface area contributed by atoms with Crippen LogP contribution in [0.3, 0.4) is 0 Å². The number of pyridine rings is 1. The number of aromatic nitrogens is 6. The van der Waals surface area contributed by atoms with Crippen molar-refractivity contribution in [1.29, 1.82) is 0 Å². The number of halogens is 2. The normalized spacial score (nSPS) is 19.2. The van der Waals surface area contributed by atoms with Gasteiger partial charge in [-0.25, -0.2) is 28.1 Å². The molecule has 0 bridgehead atoms. The maximum atomic E-state index is 12.9. The molecule has 1 N–H and O–H groups in total. The summed E-state index contributed by atoms with van der Waals surface area (Å²) in [5, 5.41) is 7.42. The van der Waals surface area contributed by atoms with Gasteiger partial charge in [0.05, 0.1) is 16.9 Å². The van der Waals surface area contributed by atoms with E-state index < -0.39 is 22.2 Å². The first-order valence-electron chi connectivity index (χ1n) is 14.0. The lowest BCUT2D eigenvalue weighted by atomic mass is 10.1. The molecule has 2 saturated carbocycles. The fourth-order valence-electron chi connectivity index (χ4n) is 5.66. The Morgan fingerprint density at radius 3 is 2.50 bits per heavy atom. The maximum absolute atomic E-state index is 12.9. The second kappa shape index (κ2) is 11.1. The Bertz CT molecular complexity index is 1930. The van der Waals surface area contributed by atoms with Gasteiger partial charge in [0.15, 0.2) is 15.4 Å². The highest BCUT2D eigenvalue weighted by molar-refractivity contribution is 7.90. The second-order valence-corrected chi connectivity index (χ2v) is 13.0. The molecule has 2 aliphatic carbocycles. The zero-order valence-corrected chi connectivity index (χ0v) is 24.3. The molecule has 2 fully saturated rings. The van der Waals surface area contributed by atoms with Gasteiger partial charge in [-0.1, -0.05) is 12.1 Å². The molecule has 0 amide bonds. The third-order valence-corrected chi connectivity index (χ3v) is 9.03. The number of nitrogens with one attached hydrogen (secondary N) is 1. The molecule has 0 aliphatic heterocycles. The van der Waals surface area contributed by atoms with Crippen LogP contribution in [-0.2, 0) is 16.4 Å². The van der Waals surface area contributed by atoms with E-state index in [4.69, 9.17) is 9.72 Å². The van der Waals surface area contributed by atoms with Crippen molar-refractivity contribution in [2.75, 3.05) is 11.6 Å². The molecule has 0 saturated heterocycles. The Labute approximate surface area is 251 Å². The first-order chi connectivity index (χ1) is 21.2. The summed E-state index contributed by atoms with van der Waals surface area (Å²) >= 11 is 0. The van der Waals surface area contributed by atoms with Crippen molar-refractivity contribution in [3.05, 3.63) is 72.8 Å². The second-order valence-electron chi connectivity index (χ2n) is 11.1. The zero-order chi connectivity index (χ0) is 30.4. The number of hydrogen-bond donors (Lipinski definition) is 1. The Morgan fingerprint density at radius 2 is 1.80 bits per heavy atom. The van der Waals surface area contributed by atoms with E-state index in [9.17, 15) is 17.2 Å². The maximum Gasteiger partial charge on any atom is 0.387 e. The quantitative estimate of drug-likeness (QED) is 0.226. The molecule has 3 aromatic heterocycles. The van der Waals surface area contributed by atoms with Crippen molar-refractivity contribution in [1.82, 2.24) is 29.7 Å². The minimum absolute atomic E-state index is 0.0158. The predicted octanol–water partition coefficient (Wildman–Crippen LogP) is 5.07. The summed E-state index contributed by atoms with van der Waals surface area (Å²) in [4.78, 5) is 17.7. The van der Waals surface area contributed by atoms with E-state index in [1.54, 1.807) is 23.1 Å². The summed E-state index contributed by atoms with van der Waals surface area (Å²) in [5.41, 5.74) is 3.65. The number of rotatable bonds is 10. The van der Waals surface area contributed by atoms with Gasteiger partial charge in [-0.2, -0.15) is 18.9 Å². The van der Waals surface area contributed by atoms with Crippen LogP contribution >= 0.6 is 0 Å². The zero-order valence-electron chi connectivity index (χ0n) is 23.5. The molecular formula is C30H27F2N7O4S. The van der Waals surface area contributed by atoms with E-state index in [0.717, 1.165) is 30.3 Å². The average Bonchev–Trinajstić information content (AvgIpc) is 3.34. The Morgan fingerprint density at radius 1 is 1.00 bits per heavy atom. The Hall–Kier alpha value is -4.72. The van der Waals surface area contributed by atoms with Crippen LogP contribution in [-0.4, -0.2) is 57.1 Å². The SMILES string of the molecule is CS(=O)(=O)c1cc(-c2ccc3nc(NCc4ccc(-n5cncn5)cc4)nc(O[C@@H]4C[C@@H]5C[C@@H]5C4)c3n2)ccc1OC(F)F. The van der Waals surface area contributed by atoms with E-state index >= 15 is 0 Å². The highest BCUT2D eigenvalue weighted by atomic mass is 32.2. The summed E-state index contributed by atoms with van der Waals surface area (Å²) in [6.07, 6.45) is 7.22. The molecule has 0 radical (unpaired) electrons. The van der Waals surface area contributed by atoms with Crippen molar-refractivity contribution >= 4 is 26.8 Å². The monoisotopic (exact) mass is 619 g/mol. The van der Waals surface area contributed by atoms with Crippen molar-refractivity contribution < 1.29 is 26.7 Å². The van der Waals surface area contributed by atoms with Gasteiger partial charge in [-0.15, -0.1) is 0 Å². The average molecular weight is 620 g/mol. The van der Waals surface area contributed by atoms with E-state index in [1.165, 1.54) is 30.9 Å². The Kier molecular flexibility index (Phi) is 7.07. The first-order valence-corrected chi connectivity index (χ1v) is 15.9. The lowest BCUT2D eigenvalue weighted by molar-refractivity contribution is -0.0517. The third kappa shape index (κ3) is 5.89. The molecule has 2 aromatic carbocycles. The lowest BCUT2D eigenvalue weighted by Crippen LogP contribution is -2.16. The predicted molar refractivity (Wildman–Crippen MR) is 156 cm³/mol. The molecule has 3 atom stereocenters. The number of anilines is 1. The molecule has 11 nitrogen and oxygen atoms in total. The van der Waals surface area contributed by atoms with Crippen LogP contribution in [0.1, 0.15) is 24.8 Å². The summed E-state index contributed by atoms with van der Waals surface area (Å²) in [5.74, 6) is 1.66. The van der Waals surface area contributed by atoms with E-state index in [-0.39, 0.29) is 11.0 Å². The number of alkyl halides is 2.